The minimum absolute atomic E-state index is 0.224. The summed E-state index contributed by atoms with van der Waals surface area (Å²) in [5.41, 5.74) is 1.05. The Morgan fingerprint density at radius 1 is 1.31 bits per heavy atom. The first kappa shape index (κ1) is 12.9. The standard InChI is InChI=1S/C12H21N3O/c1-9(2)11-7-12(15-8-14-11)13-6-4-5-10(3)16/h7-10,16H,4-6H2,1-3H3,(H,13,14,15). The largest absolute Gasteiger partial charge is 0.393 e. The van der Waals surface area contributed by atoms with Crippen molar-refractivity contribution in [2.45, 2.75) is 45.6 Å². The molecule has 16 heavy (non-hydrogen) atoms. The molecule has 0 aliphatic rings. The van der Waals surface area contributed by atoms with Gasteiger partial charge in [0.05, 0.1) is 6.10 Å². The first-order chi connectivity index (χ1) is 7.59. The fourth-order valence-corrected chi connectivity index (χ4v) is 1.40. The van der Waals surface area contributed by atoms with E-state index < -0.39 is 0 Å². The quantitative estimate of drug-likeness (QED) is 0.726. The highest BCUT2D eigenvalue weighted by Gasteiger charge is 2.02. The summed E-state index contributed by atoms with van der Waals surface area (Å²) in [5.74, 6) is 1.28. The van der Waals surface area contributed by atoms with Gasteiger partial charge in [0, 0.05) is 18.3 Å². The summed E-state index contributed by atoms with van der Waals surface area (Å²) in [6.07, 6.45) is 3.12. The van der Waals surface area contributed by atoms with Crippen molar-refractivity contribution in [2.75, 3.05) is 11.9 Å². The van der Waals surface area contributed by atoms with Crippen LogP contribution in [0.2, 0.25) is 0 Å². The maximum atomic E-state index is 9.11. The molecule has 1 atom stereocenters. The van der Waals surface area contributed by atoms with Gasteiger partial charge in [0.1, 0.15) is 12.1 Å². The molecule has 1 rings (SSSR count). The van der Waals surface area contributed by atoms with Crippen LogP contribution in [0.25, 0.3) is 0 Å². The maximum Gasteiger partial charge on any atom is 0.129 e. The van der Waals surface area contributed by atoms with Gasteiger partial charge < -0.3 is 10.4 Å². The Labute approximate surface area is 97.1 Å². The van der Waals surface area contributed by atoms with Gasteiger partial charge in [0.25, 0.3) is 0 Å². The fourth-order valence-electron chi connectivity index (χ4n) is 1.40. The molecular formula is C12H21N3O. The number of nitrogens with one attached hydrogen (secondary N) is 1. The first-order valence-electron chi connectivity index (χ1n) is 5.83. The average Bonchev–Trinajstić information content (AvgIpc) is 2.24. The summed E-state index contributed by atoms with van der Waals surface area (Å²) < 4.78 is 0. The molecule has 1 heterocycles. The molecule has 0 aromatic carbocycles. The molecule has 0 radical (unpaired) electrons. The predicted octanol–water partition coefficient (Wildman–Crippen LogP) is 2.17. The first-order valence-corrected chi connectivity index (χ1v) is 5.83. The fraction of sp³-hybridized carbons (Fsp3) is 0.667. The van der Waals surface area contributed by atoms with Crippen LogP contribution in [0.1, 0.15) is 45.2 Å². The van der Waals surface area contributed by atoms with Gasteiger partial charge in [0.2, 0.25) is 0 Å². The highest BCUT2D eigenvalue weighted by Crippen LogP contribution is 2.13. The van der Waals surface area contributed by atoms with Crippen LogP contribution in [-0.4, -0.2) is 27.7 Å². The van der Waals surface area contributed by atoms with Crippen LogP contribution in [0.15, 0.2) is 12.4 Å². The van der Waals surface area contributed by atoms with Crippen molar-refractivity contribution in [3.05, 3.63) is 18.1 Å². The Balaban J connectivity index is 2.39. The molecule has 0 fully saturated rings. The van der Waals surface area contributed by atoms with Gasteiger partial charge >= 0.3 is 0 Å². The van der Waals surface area contributed by atoms with E-state index in [1.165, 1.54) is 0 Å². The van der Waals surface area contributed by atoms with E-state index in [2.05, 4.69) is 29.1 Å². The molecule has 2 N–H and O–H groups in total. The van der Waals surface area contributed by atoms with E-state index in [9.17, 15) is 0 Å². The zero-order valence-corrected chi connectivity index (χ0v) is 10.3. The van der Waals surface area contributed by atoms with Crippen LogP contribution in [-0.2, 0) is 0 Å². The second-order valence-electron chi connectivity index (χ2n) is 4.40. The molecule has 0 aliphatic carbocycles. The number of anilines is 1. The van der Waals surface area contributed by atoms with E-state index in [-0.39, 0.29) is 6.10 Å². The van der Waals surface area contributed by atoms with E-state index >= 15 is 0 Å². The van der Waals surface area contributed by atoms with Gasteiger partial charge in [-0.1, -0.05) is 13.8 Å². The van der Waals surface area contributed by atoms with Crippen LogP contribution in [0.3, 0.4) is 0 Å². The second-order valence-corrected chi connectivity index (χ2v) is 4.40. The van der Waals surface area contributed by atoms with Gasteiger partial charge in [-0.2, -0.15) is 0 Å². The highest BCUT2D eigenvalue weighted by molar-refractivity contribution is 5.35. The molecule has 0 saturated heterocycles. The lowest BCUT2D eigenvalue weighted by Gasteiger charge is -2.09. The Morgan fingerprint density at radius 3 is 2.69 bits per heavy atom. The monoisotopic (exact) mass is 223 g/mol. The number of hydrogen-bond acceptors (Lipinski definition) is 4. The second kappa shape index (κ2) is 6.43. The van der Waals surface area contributed by atoms with Crippen molar-refractivity contribution in [1.29, 1.82) is 0 Å². The molecule has 1 aromatic rings. The third kappa shape index (κ3) is 4.57. The van der Waals surface area contributed by atoms with Crippen molar-refractivity contribution in [2.24, 2.45) is 0 Å². The van der Waals surface area contributed by atoms with Crippen molar-refractivity contribution in [1.82, 2.24) is 9.97 Å². The van der Waals surface area contributed by atoms with Crippen molar-refractivity contribution < 1.29 is 5.11 Å². The average molecular weight is 223 g/mol. The summed E-state index contributed by atoms with van der Waals surface area (Å²) >= 11 is 0. The molecule has 0 bridgehead atoms. The molecular weight excluding hydrogens is 202 g/mol. The molecule has 90 valence electrons. The summed E-state index contributed by atoms with van der Waals surface area (Å²) in [6.45, 7) is 6.86. The highest BCUT2D eigenvalue weighted by atomic mass is 16.3. The number of aliphatic hydroxyl groups is 1. The topological polar surface area (TPSA) is 58.0 Å². The lowest BCUT2D eigenvalue weighted by molar-refractivity contribution is 0.183. The number of aliphatic hydroxyl groups excluding tert-OH is 1. The van der Waals surface area contributed by atoms with E-state index in [0.717, 1.165) is 30.9 Å². The van der Waals surface area contributed by atoms with Gasteiger partial charge in [-0.15, -0.1) is 0 Å². The Bertz CT molecular complexity index is 313. The van der Waals surface area contributed by atoms with Crippen LogP contribution in [0.5, 0.6) is 0 Å². The zero-order chi connectivity index (χ0) is 12.0. The minimum atomic E-state index is -0.224. The molecule has 0 amide bonds. The Hall–Kier alpha value is -1.16. The SMILES string of the molecule is CC(O)CCCNc1cc(C(C)C)ncn1. The molecule has 0 aliphatic heterocycles. The summed E-state index contributed by atoms with van der Waals surface area (Å²) in [4.78, 5) is 8.36. The van der Waals surface area contributed by atoms with Gasteiger partial charge in [-0.25, -0.2) is 9.97 Å². The Morgan fingerprint density at radius 2 is 2.06 bits per heavy atom. The summed E-state index contributed by atoms with van der Waals surface area (Å²) in [5, 5.41) is 12.3. The number of aromatic nitrogens is 2. The number of rotatable bonds is 6. The van der Waals surface area contributed by atoms with E-state index in [1.54, 1.807) is 6.33 Å². The number of hydrogen-bond donors (Lipinski definition) is 2. The maximum absolute atomic E-state index is 9.11. The van der Waals surface area contributed by atoms with Crippen LogP contribution < -0.4 is 5.32 Å². The molecule has 4 nitrogen and oxygen atoms in total. The summed E-state index contributed by atoms with van der Waals surface area (Å²) in [6, 6.07) is 1.98. The molecule has 4 heteroatoms. The third-order valence-electron chi connectivity index (χ3n) is 2.38. The summed E-state index contributed by atoms with van der Waals surface area (Å²) in [7, 11) is 0. The van der Waals surface area contributed by atoms with Crippen LogP contribution in [0, 0.1) is 0 Å². The van der Waals surface area contributed by atoms with Gasteiger partial charge in [0.15, 0.2) is 0 Å². The molecule has 0 spiro atoms. The molecule has 1 aromatic heterocycles. The minimum Gasteiger partial charge on any atom is -0.393 e. The van der Waals surface area contributed by atoms with Crippen LogP contribution in [0.4, 0.5) is 5.82 Å². The smallest absolute Gasteiger partial charge is 0.129 e. The van der Waals surface area contributed by atoms with E-state index in [4.69, 9.17) is 5.11 Å². The number of nitrogens with zero attached hydrogens (tertiary/aromatic N) is 2. The van der Waals surface area contributed by atoms with Crippen molar-refractivity contribution >= 4 is 5.82 Å². The zero-order valence-electron chi connectivity index (χ0n) is 10.3. The Kier molecular flexibility index (Phi) is 5.19. The van der Waals surface area contributed by atoms with Crippen molar-refractivity contribution in [3.63, 3.8) is 0 Å². The predicted molar refractivity (Wildman–Crippen MR) is 65.5 cm³/mol. The van der Waals surface area contributed by atoms with Crippen molar-refractivity contribution in [3.8, 4) is 0 Å². The van der Waals surface area contributed by atoms with Gasteiger partial charge in [-0.05, 0) is 25.7 Å². The third-order valence-corrected chi connectivity index (χ3v) is 2.38. The van der Waals surface area contributed by atoms with E-state index in [1.807, 2.05) is 13.0 Å². The lowest BCUT2D eigenvalue weighted by Crippen LogP contribution is -2.08. The molecule has 0 saturated carbocycles. The van der Waals surface area contributed by atoms with Crippen LogP contribution >= 0.6 is 0 Å². The normalized spacial score (nSPS) is 12.8. The molecule has 1 unspecified atom stereocenters. The van der Waals surface area contributed by atoms with Gasteiger partial charge in [-0.3, -0.25) is 0 Å². The lowest BCUT2D eigenvalue weighted by atomic mass is 10.1. The van der Waals surface area contributed by atoms with E-state index in [0.29, 0.717) is 5.92 Å².